The lowest BCUT2D eigenvalue weighted by atomic mass is 9.92. The molecule has 0 radical (unpaired) electrons. The van der Waals surface area contributed by atoms with E-state index in [9.17, 15) is 9.59 Å². The summed E-state index contributed by atoms with van der Waals surface area (Å²) in [5.41, 5.74) is 5.73. The van der Waals surface area contributed by atoms with Gasteiger partial charge in [0.05, 0.1) is 34.4 Å². The van der Waals surface area contributed by atoms with E-state index >= 15 is 4.39 Å². The zero-order valence-corrected chi connectivity index (χ0v) is 21.6. The Kier molecular flexibility index (Phi) is 5.67. The van der Waals surface area contributed by atoms with E-state index in [1.165, 1.54) is 12.1 Å². The molecule has 0 unspecified atom stereocenters. The molecule has 10 heteroatoms. The molecule has 6 rings (SSSR count). The number of carbonyl (C=O) groups is 2. The number of aromatic amines is 1. The fourth-order valence-corrected chi connectivity index (χ4v) is 4.67. The van der Waals surface area contributed by atoms with Gasteiger partial charge >= 0.3 is 6.03 Å². The molecule has 0 bridgehead atoms. The first kappa shape index (κ1) is 24.4. The van der Waals surface area contributed by atoms with Crippen LogP contribution in [0.4, 0.5) is 20.7 Å². The van der Waals surface area contributed by atoms with Crippen LogP contribution in [-0.2, 0) is 12.0 Å². The van der Waals surface area contributed by atoms with Crippen molar-refractivity contribution >= 4 is 34.5 Å². The van der Waals surface area contributed by atoms with Gasteiger partial charge in [0.2, 0.25) is 0 Å². The van der Waals surface area contributed by atoms with E-state index in [2.05, 4.69) is 25.9 Å². The summed E-state index contributed by atoms with van der Waals surface area (Å²) >= 11 is 0. The van der Waals surface area contributed by atoms with Crippen LogP contribution in [0.3, 0.4) is 0 Å². The first-order chi connectivity index (χ1) is 18.7. The number of H-pyrrole nitrogens is 1. The minimum atomic E-state index is -0.610. The fourth-order valence-electron chi connectivity index (χ4n) is 4.67. The molecule has 0 saturated heterocycles. The van der Waals surface area contributed by atoms with E-state index in [0.29, 0.717) is 23.5 Å². The van der Waals surface area contributed by atoms with Crippen LogP contribution in [0.1, 0.15) is 42.4 Å². The Hall–Kier alpha value is -4.99. The summed E-state index contributed by atoms with van der Waals surface area (Å²) in [5.74, 6) is -0.294. The van der Waals surface area contributed by atoms with Gasteiger partial charge in [0.25, 0.3) is 5.91 Å². The van der Waals surface area contributed by atoms with Crippen LogP contribution in [0.25, 0.3) is 27.8 Å². The van der Waals surface area contributed by atoms with E-state index in [1.54, 1.807) is 29.2 Å². The van der Waals surface area contributed by atoms with Gasteiger partial charge in [-0.1, -0.05) is 39.0 Å². The third-order valence-electron chi connectivity index (χ3n) is 6.74. The standard InChI is InChI=1S/C29H26FN7O2/c1-29(2,3)25-13-26(37(36-25)17-8-10-23-24(12-17)33-15-32-23)35-28(39)34-22-9-7-16(11-21(22)30)18-5-4-6-19-20(18)14-31-27(19)38/h4-13,15H,14H2,1-3H3,(H,31,38)(H,32,33)(H2,34,35,39). The molecular weight excluding hydrogens is 497 g/mol. The summed E-state index contributed by atoms with van der Waals surface area (Å²) in [6, 6.07) is 16.8. The van der Waals surface area contributed by atoms with Gasteiger partial charge < -0.3 is 15.6 Å². The van der Waals surface area contributed by atoms with Crippen LogP contribution in [0.5, 0.6) is 0 Å². The molecule has 1 aliphatic rings. The molecule has 3 amide bonds. The highest BCUT2D eigenvalue weighted by Crippen LogP contribution is 2.32. The highest BCUT2D eigenvalue weighted by atomic mass is 19.1. The number of imidazole rings is 1. The Morgan fingerprint density at radius 1 is 1.03 bits per heavy atom. The molecule has 0 atom stereocenters. The van der Waals surface area contributed by atoms with Gasteiger partial charge in [0.1, 0.15) is 11.6 Å². The second kappa shape index (κ2) is 9.09. The summed E-state index contributed by atoms with van der Waals surface area (Å²) in [5, 5.41) is 12.9. The summed E-state index contributed by atoms with van der Waals surface area (Å²) in [6.07, 6.45) is 1.62. The van der Waals surface area contributed by atoms with Gasteiger partial charge in [0.15, 0.2) is 0 Å². The lowest BCUT2D eigenvalue weighted by Gasteiger charge is -2.14. The summed E-state index contributed by atoms with van der Waals surface area (Å²) < 4.78 is 16.8. The number of urea groups is 1. The van der Waals surface area contributed by atoms with Crippen LogP contribution in [0.2, 0.25) is 0 Å². The molecule has 0 fully saturated rings. The van der Waals surface area contributed by atoms with Gasteiger partial charge in [0, 0.05) is 23.6 Å². The second-order valence-corrected chi connectivity index (χ2v) is 10.5. The van der Waals surface area contributed by atoms with Gasteiger partial charge in [-0.05, 0) is 53.1 Å². The molecule has 0 spiro atoms. The molecule has 1 aliphatic heterocycles. The van der Waals surface area contributed by atoms with E-state index in [1.807, 2.05) is 51.1 Å². The maximum Gasteiger partial charge on any atom is 0.324 e. The lowest BCUT2D eigenvalue weighted by Crippen LogP contribution is -2.22. The number of rotatable bonds is 4. The van der Waals surface area contributed by atoms with Crippen LogP contribution in [-0.4, -0.2) is 31.7 Å². The van der Waals surface area contributed by atoms with Crippen molar-refractivity contribution in [1.82, 2.24) is 25.1 Å². The van der Waals surface area contributed by atoms with Crippen LogP contribution >= 0.6 is 0 Å². The van der Waals surface area contributed by atoms with Crippen molar-refractivity contribution in [1.29, 1.82) is 0 Å². The summed E-state index contributed by atoms with van der Waals surface area (Å²) in [6.45, 7) is 6.50. The smallest absolute Gasteiger partial charge is 0.324 e. The Morgan fingerprint density at radius 3 is 2.64 bits per heavy atom. The van der Waals surface area contributed by atoms with Crippen LogP contribution in [0.15, 0.2) is 67.0 Å². The third-order valence-corrected chi connectivity index (χ3v) is 6.74. The minimum Gasteiger partial charge on any atom is -0.348 e. The number of nitrogens with one attached hydrogen (secondary N) is 4. The van der Waals surface area contributed by atoms with E-state index < -0.39 is 11.8 Å². The summed E-state index contributed by atoms with van der Waals surface area (Å²) in [4.78, 5) is 32.3. The monoisotopic (exact) mass is 523 g/mol. The molecular formula is C29H26FN7O2. The minimum absolute atomic E-state index is 0.0269. The number of aromatic nitrogens is 4. The van der Waals surface area contributed by atoms with Crippen molar-refractivity contribution in [3.05, 3.63) is 89.6 Å². The Morgan fingerprint density at radius 2 is 1.85 bits per heavy atom. The first-order valence-electron chi connectivity index (χ1n) is 12.5. The predicted octanol–water partition coefficient (Wildman–Crippen LogP) is 5.74. The van der Waals surface area contributed by atoms with Crippen molar-refractivity contribution in [2.24, 2.45) is 0 Å². The number of hydrogen-bond acceptors (Lipinski definition) is 4. The Bertz CT molecular complexity index is 1760. The van der Waals surface area contributed by atoms with Gasteiger partial charge in [-0.3, -0.25) is 10.1 Å². The van der Waals surface area contributed by atoms with Crippen LogP contribution in [0, 0.1) is 5.82 Å². The molecule has 3 aromatic carbocycles. The topological polar surface area (TPSA) is 117 Å². The number of anilines is 2. The summed E-state index contributed by atoms with van der Waals surface area (Å²) in [7, 11) is 0. The average Bonchev–Trinajstić information content (AvgIpc) is 3.63. The predicted molar refractivity (Wildman–Crippen MR) is 148 cm³/mol. The average molecular weight is 524 g/mol. The third kappa shape index (κ3) is 4.50. The van der Waals surface area contributed by atoms with Crippen molar-refractivity contribution in [2.45, 2.75) is 32.7 Å². The van der Waals surface area contributed by atoms with Gasteiger partial charge in [-0.15, -0.1) is 0 Å². The molecule has 0 aliphatic carbocycles. The number of hydrogen-bond donors (Lipinski definition) is 4. The quantitative estimate of drug-likeness (QED) is 0.240. The molecule has 4 N–H and O–H groups in total. The molecule has 39 heavy (non-hydrogen) atoms. The maximum atomic E-state index is 15.1. The highest BCUT2D eigenvalue weighted by molar-refractivity contribution is 6.01. The number of fused-ring (bicyclic) bond motifs is 2. The number of benzene rings is 3. The van der Waals surface area contributed by atoms with Crippen molar-refractivity contribution in [2.75, 3.05) is 10.6 Å². The second-order valence-electron chi connectivity index (χ2n) is 10.5. The zero-order chi connectivity index (χ0) is 27.3. The fraction of sp³-hybridized carbons (Fsp3) is 0.172. The van der Waals surface area contributed by atoms with Crippen molar-refractivity contribution in [3.8, 4) is 16.8 Å². The molecule has 5 aromatic rings. The number of halogens is 1. The maximum absolute atomic E-state index is 15.1. The zero-order valence-electron chi connectivity index (χ0n) is 21.6. The molecule has 196 valence electrons. The Labute approximate surface area is 223 Å². The Balaban J connectivity index is 1.26. The molecule has 3 heterocycles. The molecule has 0 saturated carbocycles. The van der Waals surface area contributed by atoms with Crippen LogP contribution < -0.4 is 16.0 Å². The normalized spacial score (nSPS) is 12.9. The van der Waals surface area contributed by atoms with Crippen molar-refractivity contribution < 1.29 is 14.0 Å². The number of carbonyl (C=O) groups excluding carboxylic acids is 2. The van der Waals surface area contributed by atoms with E-state index in [-0.39, 0.29) is 17.0 Å². The number of nitrogens with zero attached hydrogens (tertiary/aromatic N) is 3. The largest absolute Gasteiger partial charge is 0.348 e. The van der Waals surface area contributed by atoms with E-state index in [4.69, 9.17) is 5.10 Å². The van der Waals surface area contributed by atoms with Gasteiger partial charge in [-0.25, -0.2) is 18.9 Å². The highest BCUT2D eigenvalue weighted by Gasteiger charge is 2.24. The van der Waals surface area contributed by atoms with Crippen molar-refractivity contribution in [3.63, 3.8) is 0 Å². The lowest BCUT2D eigenvalue weighted by molar-refractivity contribution is 0.0965. The molecule has 9 nitrogen and oxygen atoms in total. The van der Waals surface area contributed by atoms with Gasteiger partial charge in [-0.2, -0.15) is 5.10 Å². The number of amides is 3. The SMILES string of the molecule is CC(C)(C)c1cc(NC(=O)Nc2ccc(-c3cccc4c3CNC4=O)cc2F)n(-c2ccc3nc[nH]c3c2)n1. The molecule has 2 aromatic heterocycles. The van der Waals surface area contributed by atoms with E-state index in [0.717, 1.165) is 33.5 Å². The first-order valence-corrected chi connectivity index (χ1v) is 12.5.